The molecule has 0 N–H and O–H groups in total. The van der Waals surface area contributed by atoms with Crippen LogP contribution in [0.1, 0.15) is 26.3 Å². The van der Waals surface area contributed by atoms with Crippen LogP contribution >= 0.6 is 11.6 Å². The van der Waals surface area contributed by atoms with Gasteiger partial charge in [-0.05, 0) is 23.6 Å². The van der Waals surface area contributed by atoms with Gasteiger partial charge in [0.05, 0.1) is 16.7 Å². The molecule has 1 aromatic carbocycles. The van der Waals surface area contributed by atoms with E-state index in [-0.39, 0.29) is 20.9 Å². The number of halogens is 1. The number of rotatable bonds is 3. The lowest BCUT2D eigenvalue weighted by atomic mass is 9.97. The van der Waals surface area contributed by atoms with Crippen molar-refractivity contribution in [2.45, 2.75) is 25.7 Å². The summed E-state index contributed by atoms with van der Waals surface area (Å²) >= 11 is 5.94. The van der Waals surface area contributed by atoms with Gasteiger partial charge >= 0.3 is 0 Å². The molecule has 0 aromatic heterocycles. The summed E-state index contributed by atoms with van der Waals surface area (Å²) in [6.07, 6.45) is 0. The van der Waals surface area contributed by atoms with Crippen LogP contribution in [0.15, 0.2) is 23.1 Å². The molecule has 0 unspecified atom stereocenters. The molecule has 104 valence electrons. The third-order valence-corrected chi connectivity index (χ3v) is 4.73. The number of nitriles is 1. The van der Waals surface area contributed by atoms with Gasteiger partial charge < -0.3 is 0 Å². The minimum atomic E-state index is -3.69. The van der Waals surface area contributed by atoms with E-state index in [1.54, 1.807) is 0 Å². The molecular weight excluding hydrogens is 284 g/mol. The van der Waals surface area contributed by atoms with Crippen LogP contribution in [-0.2, 0) is 10.0 Å². The number of benzene rings is 1. The van der Waals surface area contributed by atoms with Crippen LogP contribution in [0.4, 0.5) is 0 Å². The minimum absolute atomic E-state index is 0.0278. The molecule has 0 saturated heterocycles. The summed E-state index contributed by atoms with van der Waals surface area (Å²) in [4.78, 5) is -0.0278. The first-order chi connectivity index (χ1) is 8.58. The molecule has 0 fully saturated rings. The van der Waals surface area contributed by atoms with Gasteiger partial charge in [0.25, 0.3) is 0 Å². The molecule has 0 amide bonds. The van der Waals surface area contributed by atoms with Crippen LogP contribution in [0.5, 0.6) is 0 Å². The van der Waals surface area contributed by atoms with Crippen LogP contribution in [0.2, 0.25) is 5.02 Å². The Morgan fingerprint density at radius 2 is 1.95 bits per heavy atom. The third-order valence-electron chi connectivity index (χ3n) is 2.45. The molecule has 1 aromatic rings. The zero-order chi connectivity index (χ0) is 14.8. The molecular formula is C13H17ClN2O2S. The van der Waals surface area contributed by atoms with Crippen molar-refractivity contribution in [3.63, 3.8) is 0 Å². The lowest BCUT2D eigenvalue weighted by Gasteiger charge is -2.26. The molecule has 0 atom stereocenters. The molecule has 0 spiro atoms. The van der Waals surface area contributed by atoms with Crippen molar-refractivity contribution in [1.82, 2.24) is 4.31 Å². The number of sulfonamides is 1. The lowest BCUT2D eigenvalue weighted by Crippen LogP contribution is -2.34. The van der Waals surface area contributed by atoms with E-state index >= 15 is 0 Å². The Hall–Kier alpha value is -1.09. The van der Waals surface area contributed by atoms with E-state index in [9.17, 15) is 8.42 Å². The van der Waals surface area contributed by atoms with Gasteiger partial charge in [-0.2, -0.15) is 5.26 Å². The van der Waals surface area contributed by atoms with Gasteiger partial charge in [-0.3, -0.25) is 0 Å². The van der Waals surface area contributed by atoms with Crippen molar-refractivity contribution in [1.29, 1.82) is 5.26 Å². The Bertz CT molecular complexity index is 613. The van der Waals surface area contributed by atoms with Gasteiger partial charge in [0.2, 0.25) is 10.0 Å². The summed E-state index contributed by atoms with van der Waals surface area (Å²) in [5.74, 6) is 0. The fourth-order valence-corrected chi connectivity index (χ4v) is 3.58. The molecule has 0 saturated carbocycles. The largest absolute Gasteiger partial charge is 0.244 e. The van der Waals surface area contributed by atoms with E-state index in [1.165, 1.54) is 29.6 Å². The van der Waals surface area contributed by atoms with Gasteiger partial charge in [-0.1, -0.05) is 32.4 Å². The maximum Gasteiger partial charge on any atom is 0.244 e. The summed E-state index contributed by atoms with van der Waals surface area (Å²) in [6, 6.07) is 6.13. The zero-order valence-corrected chi connectivity index (χ0v) is 13.0. The van der Waals surface area contributed by atoms with E-state index in [0.29, 0.717) is 6.54 Å². The van der Waals surface area contributed by atoms with Crippen molar-refractivity contribution >= 4 is 21.6 Å². The molecule has 0 aliphatic heterocycles. The molecule has 6 heteroatoms. The average Bonchev–Trinajstić information content (AvgIpc) is 2.27. The van der Waals surface area contributed by atoms with Gasteiger partial charge in [-0.15, -0.1) is 0 Å². The van der Waals surface area contributed by atoms with Gasteiger partial charge in [0.1, 0.15) is 4.90 Å². The highest BCUT2D eigenvalue weighted by atomic mass is 35.5. The first-order valence-electron chi connectivity index (χ1n) is 5.74. The number of nitrogens with zero attached hydrogens (tertiary/aromatic N) is 2. The molecule has 0 heterocycles. The van der Waals surface area contributed by atoms with Crippen molar-refractivity contribution in [3.05, 3.63) is 28.8 Å². The van der Waals surface area contributed by atoms with Crippen LogP contribution in [0, 0.1) is 16.7 Å². The monoisotopic (exact) mass is 300 g/mol. The number of hydrogen-bond acceptors (Lipinski definition) is 3. The second-order valence-corrected chi connectivity index (χ2v) is 8.00. The normalized spacial score (nSPS) is 12.5. The SMILES string of the molecule is CN(CC(C)(C)C)S(=O)(=O)c1cc(C#N)ccc1Cl. The van der Waals surface area contributed by atoms with Gasteiger partial charge in [0.15, 0.2) is 0 Å². The van der Waals surface area contributed by atoms with E-state index in [1.807, 2.05) is 26.8 Å². The van der Waals surface area contributed by atoms with Gasteiger partial charge in [0, 0.05) is 13.6 Å². The van der Waals surface area contributed by atoms with Crippen molar-refractivity contribution in [2.24, 2.45) is 5.41 Å². The maximum absolute atomic E-state index is 12.4. The predicted octanol–water partition coefficient (Wildman–Crippen LogP) is 2.88. The fraction of sp³-hybridized carbons (Fsp3) is 0.462. The topological polar surface area (TPSA) is 61.2 Å². The highest BCUT2D eigenvalue weighted by molar-refractivity contribution is 7.89. The second kappa shape index (κ2) is 5.49. The first kappa shape index (κ1) is 16.0. The summed E-state index contributed by atoms with van der Waals surface area (Å²) in [6.45, 7) is 6.22. The van der Waals surface area contributed by atoms with Gasteiger partial charge in [-0.25, -0.2) is 12.7 Å². The quantitative estimate of drug-likeness (QED) is 0.862. The highest BCUT2D eigenvalue weighted by Gasteiger charge is 2.27. The summed E-state index contributed by atoms with van der Waals surface area (Å²) in [7, 11) is -2.18. The Morgan fingerprint density at radius 1 is 1.37 bits per heavy atom. The van der Waals surface area contributed by atoms with Crippen LogP contribution in [0.25, 0.3) is 0 Å². The molecule has 0 bridgehead atoms. The zero-order valence-electron chi connectivity index (χ0n) is 11.4. The third kappa shape index (κ3) is 3.93. The Morgan fingerprint density at radius 3 is 2.42 bits per heavy atom. The van der Waals surface area contributed by atoms with Crippen molar-refractivity contribution in [2.75, 3.05) is 13.6 Å². The van der Waals surface area contributed by atoms with Crippen molar-refractivity contribution < 1.29 is 8.42 Å². The van der Waals surface area contributed by atoms with Crippen LogP contribution in [0.3, 0.4) is 0 Å². The van der Waals surface area contributed by atoms with Crippen LogP contribution in [-0.4, -0.2) is 26.3 Å². The minimum Gasteiger partial charge on any atom is -0.207 e. The Kier molecular flexibility index (Phi) is 4.62. The van der Waals surface area contributed by atoms with E-state index in [0.717, 1.165) is 0 Å². The summed E-state index contributed by atoms with van der Waals surface area (Å²) < 4.78 is 26.1. The lowest BCUT2D eigenvalue weighted by molar-refractivity contribution is 0.311. The second-order valence-electron chi connectivity index (χ2n) is 5.58. The fourth-order valence-electron chi connectivity index (χ4n) is 1.69. The predicted molar refractivity (Wildman–Crippen MR) is 75.4 cm³/mol. The average molecular weight is 301 g/mol. The van der Waals surface area contributed by atoms with Crippen LogP contribution < -0.4 is 0 Å². The summed E-state index contributed by atoms with van der Waals surface area (Å²) in [5.41, 5.74) is 0.105. The smallest absolute Gasteiger partial charge is 0.207 e. The number of hydrogen-bond donors (Lipinski definition) is 0. The molecule has 0 aliphatic rings. The molecule has 4 nitrogen and oxygen atoms in total. The van der Waals surface area contributed by atoms with Crippen molar-refractivity contribution in [3.8, 4) is 6.07 Å². The van der Waals surface area contributed by atoms with E-state index in [4.69, 9.17) is 16.9 Å². The van der Waals surface area contributed by atoms with E-state index < -0.39 is 10.0 Å². The Balaban J connectivity index is 3.24. The molecule has 19 heavy (non-hydrogen) atoms. The first-order valence-corrected chi connectivity index (χ1v) is 7.56. The molecule has 1 rings (SSSR count). The standard InChI is InChI=1S/C13H17ClN2O2S/c1-13(2,3)9-16(4)19(17,18)12-7-10(8-15)5-6-11(12)14/h5-7H,9H2,1-4H3. The maximum atomic E-state index is 12.4. The summed E-state index contributed by atoms with van der Waals surface area (Å²) in [5, 5.41) is 8.97. The molecule has 0 radical (unpaired) electrons. The Labute approximate surface area is 119 Å². The van der Waals surface area contributed by atoms with E-state index in [2.05, 4.69) is 0 Å². The molecule has 0 aliphatic carbocycles. The highest BCUT2D eigenvalue weighted by Crippen LogP contribution is 2.27.